The van der Waals surface area contributed by atoms with E-state index in [-0.39, 0.29) is 29.6 Å². The Kier molecular flexibility index (Phi) is 5.72. The first-order valence-corrected chi connectivity index (χ1v) is 11.4. The molecule has 5 rings (SSSR count). The third-order valence-electron chi connectivity index (χ3n) is 6.61. The minimum atomic E-state index is -0.781. The summed E-state index contributed by atoms with van der Waals surface area (Å²) in [5, 5.41) is 22.1. The lowest BCUT2D eigenvalue weighted by atomic mass is 9.90. The van der Waals surface area contributed by atoms with Gasteiger partial charge in [-0.25, -0.2) is 0 Å². The number of para-hydroxylation sites is 1. The summed E-state index contributed by atoms with van der Waals surface area (Å²) in [7, 11) is 1.44. The van der Waals surface area contributed by atoms with Gasteiger partial charge in [0.05, 0.1) is 19.6 Å². The van der Waals surface area contributed by atoms with Gasteiger partial charge in [0.2, 0.25) is 17.1 Å². The molecule has 0 saturated heterocycles. The molecule has 1 atom stereocenters. The highest BCUT2D eigenvalue weighted by Gasteiger charge is 2.30. The fourth-order valence-electron chi connectivity index (χ4n) is 4.86. The molecule has 1 amide bonds. The smallest absolute Gasteiger partial charge is 0.227 e. The van der Waals surface area contributed by atoms with E-state index in [4.69, 9.17) is 9.15 Å². The minimum absolute atomic E-state index is 0.00349. The Labute approximate surface area is 201 Å². The fraction of sp³-hybridized carbons (Fsp3) is 0.259. The van der Waals surface area contributed by atoms with E-state index >= 15 is 0 Å². The molecule has 1 aliphatic rings. The molecule has 0 aliphatic carbocycles. The number of carbonyl (C=O) groups excluding carboxylic acids is 1. The van der Waals surface area contributed by atoms with Crippen LogP contribution in [0.2, 0.25) is 0 Å². The summed E-state index contributed by atoms with van der Waals surface area (Å²) in [5.41, 5.74) is 3.21. The molecule has 1 aliphatic heterocycles. The number of fused-ring (bicyclic) bond motifs is 3. The Bertz CT molecular complexity index is 1490. The van der Waals surface area contributed by atoms with Crippen molar-refractivity contribution in [3.8, 4) is 17.2 Å². The quantitative estimate of drug-likeness (QED) is 0.403. The molecular formula is C27H26N2O6. The molecule has 180 valence electrons. The molecular weight excluding hydrogens is 448 g/mol. The Morgan fingerprint density at radius 1 is 1.20 bits per heavy atom. The van der Waals surface area contributed by atoms with Crippen LogP contribution in [0, 0.1) is 6.92 Å². The molecule has 0 unspecified atom stereocenters. The van der Waals surface area contributed by atoms with E-state index in [1.165, 1.54) is 30.2 Å². The number of H-pyrrole nitrogens is 1. The molecule has 2 aromatic carbocycles. The molecule has 3 heterocycles. The number of nitrogens with one attached hydrogen (secondary N) is 1. The van der Waals surface area contributed by atoms with Crippen LogP contribution < -0.4 is 10.2 Å². The normalized spacial score (nSPS) is 14.1. The van der Waals surface area contributed by atoms with E-state index in [9.17, 15) is 19.8 Å². The van der Waals surface area contributed by atoms with E-state index in [2.05, 4.69) is 11.1 Å². The Hall–Kier alpha value is -4.20. The largest absolute Gasteiger partial charge is 0.504 e. The Morgan fingerprint density at radius 2 is 2.00 bits per heavy atom. The summed E-state index contributed by atoms with van der Waals surface area (Å²) < 4.78 is 10.9. The van der Waals surface area contributed by atoms with Crippen molar-refractivity contribution in [2.75, 3.05) is 13.7 Å². The first-order valence-electron chi connectivity index (χ1n) is 11.4. The second kappa shape index (κ2) is 8.87. The molecule has 0 saturated carbocycles. The van der Waals surface area contributed by atoms with Gasteiger partial charge in [-0.05, 0) is 42.7 Å². The number of aromatic hydroxyl groups is 2. The van der Waals surface area contributed by atoms with Gasteiger partial charge in [-0.15, -0.1) is 0 Å². The number of hydrogen-bond donors (Lipinski definition) is 3. The third kappa shape index (κ3) is 4.12. The van der Waals surface area contributed by atoms with Crippen molar-refractivity contribution in [1.29, 1.82) is 0 Å². The second-order valence-electron chi connectivity index (χ2n) is 8.82. The van der Waals surface area contributed by atoms with Gasteiger partial charge in [0.1, 0.15) is 5.76 Å². The predicted octanol–water partition coefficient (Wildman–Crippen LogP) is 3.96. The van der Waals surface area contributed by atoms with Crippen LogP contribution in [0.4, 0.5) is 0 Å². The van der Waals surface area contributed by atoms with Crippen molar-refractivity contribution in [2.24, 2.45) is 0 Å². The molecule has 8 nitrogen and oxygen atoms in total. The predicted molar refractivity (Wildman–Crippen MR) is 130 cm³/mol. The molecule has 0 radical (unpaired) electrons. The summed E-state index contributed by atoms with van der Waals surface area (Å²) in [6.07, 6.45) is 0.672. The molecule has 35 heavy (non-hydrogen) atoms. The average Bonchev–Trinajstić information content (AvgIpc) is 3.22. The van der Waals surface area contributed by atoms with Crippen molar-refractivity contribution >= 4 is 16.8 Å². The van der Waals surface area contributed by atoms with Crippen LogP contribution in [0.5, 0.6) is 17.2 Å². The van der Waals surface area contributed by atoms with E-state index in [1.54, 1.807) is 24.0 Å². The van der Waals surface area contributed by atoms with Gasteiger partial charge in [-0.3, -0.25) is 9.59 Å². The first-order chi connectivity index (χ1) is 16.9. The highest BCUT2D eigenvalue weighted by molar-refractivity contribution is 5.86. The highest BCUT2D eigenvalue weighted by atomic mass is 16.5. The summed E-state index contributed by atoms with van der Waals surface area (Å²) >= 11 is 0. The summed E-state index contributed by atoms with van der Waals surface area (Å²) in [5.74, 6) is -1.00. The number of amides is 1. The number of ether oxygens (including phenoxy) is 1. The number of carbonyl (C=O) groups is 1. The first kappa shape index (κ1) is 22.6. The van der Waals surface area contributed by atoms with Crippen LogP contribution in [0.15, 0.2) is 57.7 Å². The summed E-state index contributed by atoms with van der Waals surface area (Å²) in [6.45, 7) is 2.60. The van der Waals surface area contributed by atoms with Crippen LogP contribution in [0.1, 0.15) is 40.7 Å². The summed E-state index contributed by atoms with van der Waals surface area (Å²) in [6, 6.07) is 14.0. The number of rotatable bonds is 5. The number of methoxy groups -OCH3 is 1. The number of benzene rings is 2. The topological polar surface area (TPSA) is 116 Å². The Morgan fingerprint density at radius 3 is 2.77 bits per heavy atom. The maximum absolute atomic E-state index is 13.5. The van der Waals surface area contributed by atoms with E-state index < -0.39 is 17.1 Å². The van der Waals surface area contributed by atoms with Crippen molar-refractivity contribution in [3.05, 3.63) is 87.1 Å². The zero-order chi connectivity index (χ0) is 24.7. The van der Waals surface area contributed by atoms with Crippen LogP contribution in [-0.2, 0) is 17.8 Å². The van der Waals surface area contributed by atoms with Gasteiger partial charge in [0.25, 0.3) is 0 Å². The number of aromatic nitrogens is 1. The lowest BCUT2D eigenvalue weighted by Crippen LogP contribution is -2.36. The summed E-state index contributed by atoms with van der Waals surface area (Å²) in [4.78, 5) is 31.0. The van der Waals surface area contributed by atoms with Crippen molar-refractivity contribution in [3.63, 3.8) is 0 Å². The maximum Gasteiger partial charge on any atom is 0.227 e. The highest BCUT2D eigenvalue weighted by Crippen LogP contribution is 2.38. The van der Waals surface area contributed by atoms with Crippen molar-refractivity contribution in [1.82, 2.24) is 9.88 Å². The number of nitrogens with zero attached hydrogens (tertiary/aromatic N) is 1. The average molecular weight is 475 g/mol. The zero-order valence-electron chi connectivity index (χ0n) is 19.5. The lowest BCUT2D eigenvalue weighted by Gasteiger charge is -2.29. The molecule has 2 aromatic heterocycles. The van der Waals surface area contributed by atoms with Gasteiger partial charge < -0.3 is 29.3 Å². The Balaban J connectivity index is 1.48. The van der Waals surface area contributed by atoms with Gasteiger partial charge >= 0.3 is 0 Å². The number of aromatic amines is 1. The molecule has 4 aromatic rings. The van der Waals surface area contributed by atoms with E-state index in [0.717, 1.165) is 17.6 Å². The number of hydrogen-bond acceptors (Lipinski definition) is 6. The number of phenolic OH excluding ortho intramolecular Hbond substituents is 1. The zero-order valence-corrected chi connectivity index (χ0v) is 19.5. The van der Waals surface area contributed by atoms with Gasteiger partial charge in [-0.2, -0.15) is 0 Å². The van der Waals surface area contributed by atoms with Crippen molar-refractivity contribution < 1.29 is 24.2 Å². The number of phenols is 1. The van der Waals surface area contributed by atoms with E-state index in [0.29, 0.717) is 24.4 Å². The van der Waals surface area contributed by atoms with Crippen LogP contribution in [0.3, 0.4) is 0 Å². The van der Waals surface area contributed by atoms with Crippen LogP contribution in [0.25, 0.3) is 10.9 Å². The van der Waals surface area contributed by atoms with E-state index in [1.807, 2.05) is 18.2 Å². The van der Waals surface area contributed by atoms with Crippen LogP contribution >= 0.6 is 0 Å². The fourth-order valence-corrected chi connectivity index (χ4v) is 4.86. The lowest BCUT2D eigenvalue weighted by molar-refractivity contribution is -0.132. The SMILES string of the molecule is COc1ccc([C@H](CC(=O)N2CCc3c([nH]c4ccccc34)C2)c2oc(C)cc(=O)c2O)cc1O. The van der Waals surface area contributed by atoms with Crippen molar-refractivity contribution in [2.45, 2.75) is 32.2 Å². The third-order valence-corrected chi connectivity index (χ3v) is 6.61. The van der Waals surface area contributed by atoms with Gasteiger partial charge in [0.15, 0.2) is 17.3 Å². The van der Waals surface area contributed by atoms with Gasteiger partial charge in [-0.1, -0.05) is 24.3 Å². The van der Waals surface area contributed by atoms with Crippen LogP contribution in [-0.4, -0.2) is 39.7 Å². The molecule has 0 spiro atoms. The molecule has 0 bridgehead atoms. The number of aryl methyl sites for hydroxylation is 1. The maximum atomic E-state index is 13.5. The standard InChI is InChI=1S/C27H26N2O6/c1-15-11-23(31)26(33)27(35-15)19(16-7-8-24(34-2)22(30)12-16)13-25(32)29-10-9-18-17-5-3-4-6-20(17)28-21(18)14-29/h3-8,11-12,19,28,30,33H,9-10,13-14H2,1-2H3/t19-/m0/s1. The molecule has 3 N–H and O–H groups in total. The minimum Gasteiger partial charge on any atom is -0.504 e. The molecule has 8 heteroatoms. The molecule has 0 fully saturated rings. The second-order valence-corrected chi connectivity index (χ2v) is 8.82. The van der Waals surface area contributed by atoms with Gasteiger partial charge in [0, 0.05) is 35.6 Å². The monoisotopic (exact) mass is 474 g/mol.